The Morgan fingerprint density at radius 1 is 1.33 bits per heavy atom. The van der Waals surface area contributed by atoms with E-state index in [1.807, 2.05) is 39.1 Å². The number of hydrogen-bond acceptors (Lipinski definition) is 5. The molecule has 0 fully saturated rings. The molecule has 0 aliphatic heterocycles. The lowest BCUT2D eigenvalue weighted by Gasteiger charge is -2.05. The van der Waals surface area contributed by atoms with Gasteiger partial charge in [-0.25, -0.2) is 9.98 Å². The Morgan fingerprint density at radius 3 is 2.52 bits per heavy atom. The third-order valence-electron chi connectivity index (χ3n) is 2.58. The van der Waals surface area contributed by atoms with Crippen molar-refractivity contribution in [3.8, 4) is 0 Å². The molecule has 2 N–H and O–H groups in total. The molecule has 0 aliphatic rings. The summed E-state index contributed by atoms with van der Waals surface area (Å²) in [4.78, 5) is 14.1. The molecule has 0 amide bonds. The Hall–Kier alpha value is -1.55. The van der Waals surface area contributed by atoms with E-state index in [1.165, 1.54) is 5.56 Å². The minimum atomic E-state index is 0.0422. The molecule has 5 heteroatoms. The zero-order valence-corrected chi connectivity index (χ0v) is 14.0. The van der Waals surface area contributed by atoms with E-state index in [1.54, 1.807) is 0 Å². The number of nitrogens with two attached hydrogens (primary N) is 1. The van der Waals surface area contributed by atoms with Crippen LogP contribution < -0.4 is 5.73 Å². The number of nitrogens with zero attached hydrogens (tertiary/aromatic N) is 4. The molecule has 0 unspecified atom stereocenters. The monoisotopic (exact) mass is 291 g/mol. The molecule has 118 valence electrons. The van der Waals surface area contributed by atoms with Gasteiger partial charge in [-0.3, -0.25) is 4.98 Å². The predicted molar refractivity (Wildman–Crippen MR) is 90.0 cm³/mol. The Labute approximate surface area is 129 Å². The van der Waals surface area contributed by atoms with E-state index in [9.17, 15) is 0 Å². The van der Waals surface area contributed by atoms with Crippen LogP contribution in [-0.4, -0.2) is 49.6 Å². The first-order valence-electron chi connectivity index (χ1n) is 7.38. The lowest BCUT2D eigenvalue weighted by molar-refractivity contribution is 0.403. The number of pyridine rings is 1. The van der Waals surface area contributed by atoms with Crippen LogP contribution in [0.1, 0.15) is 37.6 Å². The number of aromatic nitrogens is 1. The summed E-state index contributed by atoms with van der Waals surface area (Å²) in [5, 5.41) is 0. The maximum atomic E-state index is 5.60. The molecule has 0 aliphatic carbocycles. The first kappa shape index (κ1) is 19.4. The van der Waals surface area contributed by atoms with Crippen molar-refractivity contribution in [2.24, 2.45) is 15.7 Å². The van der Waals surface area contributed by atoms with Gasteiger partial charge in [0.15, 0.2) is 0 Å². The summed E-state index contributed by atoms with van der Waals surface area (Å²) < 4.78 is 0. The molecule has 0 aromatic carbocycles. The summed E-state index contributed by atoms with van der Waals surface area (Å²) in [5.74, 6) is 0. The highest BCUT2D eigenvalue weighted by Crippen LogP contribution is 2.05. The van der Waals surface area contributed by atoms with Gasteiger partial charge in [-0.1, -0.05) is 6.07 Å². The largest absolute Gasteiger partial charge is 0.323 e. The highest BCUT2D eigenvalue weighted by molar-refractivity contribution is 5.40. The van der Waals surface area contributed by atoms with Crippen molar-refractivity contribution in [3.63, 3.8) is 0 Å². The van der Waals surface area contributed by atoms with Crippen LogP contribution in [0.15, 0.2) is 28.3 Å². The fraction of sp³-hybridized carbons (Fsp3) is 0.625. The summed E-state index contributed by atoms with van der Waals surface area (Å²) in [6.07, 6.45) is 2.91. The summed E-state index contributed by atoms with van der Waals surface area (Å²) in [7, 11) is 4.12. The molecule has 1 rings (SSSR count). The number of rotatable bonds is 6. The third-order valence-corrected chi connectivity index (χ3v) is 2.58. The second-order valence-electron chi connectivity index (χ2n) is 5.16. The smallest absolute Gasteiger partial charge is 0.0892 e. The fourth-order valence-corrected chi connectivity index (χ4v) is 1.39. The minimum absolute atomic E-state index is 0.0422. The SMILES string of the molecule is CCN=C=NCCCN(C)C.Cc1ccc([C@H](C)N)nc1. The molecular formula is C16H29N5. The average molecular weight is 291 g/mol. The molecule has 1 atom stereocenters. The number of aryl methyl sites for hydroxylation is 1. The van der Waals surface area contributed by atoms with Crippen molar-refractivity contribution in [1.29, 1.82) is 0 Å². The van der Waals surface area contributed by atoms with Gasteiger partial charge >= 0.3 is 0 Å². The van der Waals surface area contributed by atoms with Gasteiger partial charge in [-0.15, -0.1) is 0 Å². The Bertz CT molecular complexity index is 417. The lowest BCUT2D eigenvalue weighted by atomic mass is 10.2. The summed E-state index contributed by atoms with van der Waals surface area (Å²) in [6.45, 7) is 8.61. The molecule has 0 saturated carbocycles. The van der Waals surface area contributed by atoms with E-state index in [2.05, 4.69) is 40.0 Å². The van der Waals surface area contributed by atoms with Gasteiger partial charge < -0.3 is 10.6 Å². The van der Waals surface area contributed by atoms with E-state index >= 15 is 0 Å². The molecule has 21 heavy (non-hydrogen) atoms. The maximum Gasteiger partial charge on any atom is 0.0892 e. The van der Waals surface area contributed by atoms with Crippen molar-refractivity contribution in [3.05, 3.63) is 29.6 Å². The van der Waals surface area contributed by atoms with Crippen LogP contribution in [0.5, 0.6) is 0 Å². The van der Waals surface area contributed by atoms with Crippen molar-refractivity contribution in [1.82, 2.24) is 9.88 Å². The van der Waals surface area contributed by atoms with Crippen molar-refractivity contribution in [2.75, 3.05) is 33.7 Å². The second-order valence-corrected chi connectivity index (χ2v) is 5.16. The van der Waals surface area contributed by atoms with Crippen LogP contribution >= 0.6 is 0 Å². The highest BCUT2D eigenvalue weighted by Gasteiger charge is 1.97. The number of hydrogen-bond donors (Lipinski definition) is 1. The predicted octanol–water partition coefficient (Wildman–Crippen LogP) is 2.54. The summed E-state index contributed by atoms with van der Waals surface area (Å²) in [6, 6.07) is 6.66. The van der Waals surface area contributed by atoms with E-state index in [0.717, 1.165) is 31.7 Å². The summed E-state index contributed by atoms with van der Waals surface area (Å²) >= 11 is 0. The van der Waals surface area contributed by atoms with Crippen LogP contribution in [0.2, 0.25) is 0 Å². The maximum absolute atomic E-state index is 5.60. The first-order valence-corrected chi connectivity index (χ1v) is 7.38. The molecule has 1 heterocycles. The molecule has 1 aromatic rings. The van der Waals surface area contributed by atoms with Gasteiger partial charge in [-0.05, 0) is 59.5 Å². The summed E-state index contributed by atoms with van der Waals surface area (Å²) in [5.41, 5.74) is 7.72. The van der Waals surface area contributed by atoms with Crippen LogP contribution in [0.3, 0.4) is 0 Å². The van der Waals surface area contributed by atoms with E-state index < -0.39 is 0 Å². The lowest BCUT2D eigenvalue weighted by Crippen LogP contribution is -2.13. The number of aliphatic imine (C=N–C) groups is 2. The molecule has 1 aromatic heterocycles. The molecule has 5 nitrogen and oxygen atoms in total. The van der Waals surface area contributed by atoms with Gasteiger partial charge in [0, 0.05) is 18.8 Å². The van der Waals surface area contributed by atoms with Gasteiger partial charge in [0.05, 0.1) is 18.2 Å². The molecule has 0 spiro atoms. The Morgan fingerprint density at radius 2 is 2.05 bits per heavy atom. The molecular weight excluding hydrogens is 262 g/mol. The molecule has 0 bridgehead atoms. The van der Waals surface area contributed by atoms with Gasteiger partial charge in [0.1, 0.15) is 0 Å². The van der Waals surface area contributed by atoms with Gasteiger partial charge in [-0.2, -0.15) is 0 Å². The highest BCUT2D eigenvalue weighted by atomic mass is 15.0. The second kappa shape index (κ2) is 12.2. The Balaban J connectivity index is 0.000000382. The van der Waals surface area contributed by atoms with Crippen LogP contribution in [0.4, 0.5) is 0 Å². The van der Waals surface area contributed by atoms with Crippen molar-refractivity contribution in [2.45, 2.75) is 33.2 Å². The quantitative estimate of drug-likeness (QED) is 0.647. The van der Waals surface area contributed by atoms with Crippen molar-refractivity contribution < 1.29 is 0 Å². The topological polar surface area (TPSA) is 66.9 Å². The Kier molecular flexibility index (Phi) is 11.3. The zero-order valence-electron chi connectivity index (χ0n) is 14.0. The standard InChI is InChI=1S/C8H17N3.C8H12N2/c1-4-9-8-10-6-5-7-11(2)3;1-6-3-4-8(7(2)9)10-5-6/h4-7H2,1-3H3;3-5,7H,9H2,1-2H3/t;7-/m.0/s1. The van der Waals surface area contributed by atoms with Crippen LogP contribution in [0, 0.1) is 6.92 Å². The molecule has 0 radical (unpaired) electrons. The van der Waals surface area contributed by atoms with Crippen molar-refractivity contribution >= 4 is 6.01 Å². The van der Waals surface area contributed by atoms with Crippen LogP contribution in [-0.2, 0) is 0 Å². The van der Waals surface area contributed by atoms with Gasteiger partial charge in [0.2, 0.25) is 0 Å². The zero-order chi connectivity index (χ0) is 16.1. The van der Waals surface area contributed by atoms with E-state index in [-0.39, 0.29) is 6.04 Å². The molecule has 0 saturated heterocycles. The minimum Gasteiger partial charge on any atom is -0.323 e. The van der Waals surface area contributed by atoms with E-state index in [4.69, 9.17) is 5.73 Å². The average Bonchev–Trinajstić information content (AvgIpc) is 2.43. The third kappa shape index (κ3) is 11.9. The van der Waals surface area contributed by atoms with Gasteiger partial charge in [0.25, 0.3) is 0 Å². The van der Waals surface area contributed by atoms with Crippen LogP contribution in [0.25, 0.3) is 0 Å². The first-order chi connectivity index (χ1) is 9.97. The van der Waals surface area contributed by atoms with E-state index in [0.29, 0.717) is 0 Å². The normalized spacial score (nSPS) is 11.2. The fourth-order valence-electron chi connectivity index (χ4n) is 1.39.